The zero-order valence-electron chi connectivity index (χ0n) is 14.8. The van der Waals surface area contributed by atoms with E-state index in [9.17, 15) is 9.59 Å². The number of aryl methyl sites for hydroxylation is 1. The molecule has 1 radical (unpaired) electrons. The number of carbonyl (C=O) groups is 2. The standard InChI is InChI=1S/C17H26BN2O4/c1-12-5-6-13(10-23-19)7-14(12)8-15(20-18-11-21)9-16(22)24-17(2,3)4/h5-7,11,15,20H,8-10,19H2,1-4H3/t15-/m0/s1. The molecule has 0 aliphatic heterocycles. The van der Waals surface area contributed by atoms with Crippen molar-refractivity contribution >= 4 is 19.6 Å². The van der Waals surface area contributed by atoms with Crippen molar-refractivity contribution in [2.24, 2.45) is 5.90 Å². The molecule has 0 saturated heterocycles. The Morgan fingerprint density at radius 2 is 2.12 bits per heavy atom. The van der Waals surface area contributed by atoms with Gasteiger partial charge in [0.15, 0.2) is 0 Å². The number of hydrogen-bond acceptors (Lipinski definition) is 6. The quantitative estimate of drug-likeness (QED) is 0.307. The van der Waals surface area contributed by atoms with Crippen LogP contribution in [0.15, 0.2) is 18.2 Å². The molecule has 0 aromatic heterocycles. The summed E-state index contributed by atoms with van der Waals surface area (Å²) in [6, 6.07) is 5.68. The molecular formula is C17H26BN2O4. The van der Waals surface area contributed by atoms with Gasteiger partial charge in [-0.2, -0.15) is 0 Å². The fourth-order valence-electron chi connectivity index (χ4n) is 2.35. The maximum Gasteiger partial charge on any atom is 0.307 e. The summed E-state index contributed by atoms with van der Waals surface area (Å²) in [4.78, 5) is 27.4. The van der Waals surface area contributed by atoms with Crippen LogP contribution in [0, 0.1) is 6.92 Å². The number of nitrogens with two attached hydrogens (primary N) is 1. The first kappa shape index (κ1) is 20.3. The molecule has 1 rings (SSSR count). The fourth-order valence-corrected chi connectivity index (χ4v) is 2.35. The Bertz CT molecular complexity index is 558. The van der Waals surface area contributed by atoms with Crippen LogP contribution in [0.4, 0.5) is 0 Å². The van der Waals surface area contributed by atoms with Gasteiger partial charge in [-0.3, -0.25) is 9.63 Å². The molecule has 1 aromatic rings. The molecule has 0 heterocycles. The molecule has 1 aromatic carbocycles. The van der Waals surface area contributed by atoms with Crippen molar-refractivity contribution in [2.75, 3.05) is 0 Å². The van der Waals surface area contributed by atoms with Gasteiger partial charge >= 0.3 is 5.97 Å². The van der Waals surface area contributed by atoms with E-state index < -0.39 is 5.60 Å². The van der Waals surface area contributed by atoms with Gasteiger partial charge in [-0.15, -0.1) is 0 Å². The average Bonchev–Trinajstić information content (AvgIpc) is 2.46. The molecule has 0 saturated carbocycles. The molecule has 0 fully saturated rings. The number of benzene rings is 1. The number of ether oxygens (including phenoxy) is 1. The lowest BCUT2D eigenvalue weighted by Gasteiger charge is -2.23. The lowest BCUT2D eigenvalue weighted by molar-refractivity contribution is -0.155. The molecule has 3 N–H and O–H groups in total. The minimum atomic E-state index is -0.537. The third-order valence-corrected chi connectivity index (χ3v) is 3.36. The first-order valence-electron chi connectivity index (χ1n) is 7.90. The van der Waals surface area contributed by atoms with Gasteiger partial charge in [0.25, 0.3) is 7.41 Å². The molecule has 131 valence electrons. The number of hydrogen-bond donors (Lipinski definition) is 2. The van der Waals surface area contributed by atoms with E-state index in [4.69, 9.17) is 10.6 Å². The van der Waals surface area contributed by atoms with Crippen LogP contribution >= 0.6 is 0 Å². The minimum Gasteiger partial charge on any atom is -0.460 e. The Kier molecular flexibility index (Phi) is 8.11. The highest BCUT2D eigenvalue weighted by atomic mass is 16.6. The highest BCUT2D eigenvalue weighted by Gasteiger charge is 2.21. The van der Waals surface area contributed by atoms with E-state index in [1.807, 2.05) is 45.9 Å². The molecule has 7 heteroatoms. The Balaban J connectivity index is 2.83. The van der Waals surface area contributed by atoms with Gasteiger partial charge in [0.1, 0.15) is 5.60 Å². The van der Waals surface area contributed by atoms with Crippen molar-refractivity contribution in [3.63, 3.8) is 0 Å². The number of nitrogens with one attached hydrogen (secondary N) is 1. The Morgan fingerprint density at radius 1 is 1.42 bits per heavy atom. The van der Waals surface area contributed by atoms with Crippen molar-refractivity contribution < 1.29 is 19.2 Å². The van der Waals surface area contributed by atoms with Crippen LogP contribution in [-0.4, -0.2) is 31.2 Å². The van der Waals surface area contributed by atoms with Crippen LogP contribution in [0.3, 0.4) is 0 Å². The van der Waals surface area contributed by atoms with E-state index in [0.717, 1.165) is 16.7 Å². The number of carbonyl (C=O) groups excluding carboxylic acids is 2. The third-order valence-electron chi connectivity index (χ3n) is 3.36. The van der Waals surface area contributed by atoms with E-state index in [-0.39, 0.29) is 18.4 Å². The monoisotopic (exact) mass is 333 g/mol. The molecule has 24 heavy (non-hydrogen) atoms. The lowest BCUT2D eigenvalue weighted by Crippen LogP contribution is -2.38. The minimum absolute atomic E-state index is 0.165. The van der Waals surface area contributed by atoms with E-state index in [1.54, 1.807) is 0 Å². The van der Waals surface area contributed by atoms with Crippen LogP contribution in [-0.2, 0) is 32.2 Å². The summed E-state index contributed by atoms with van der Waals surface area (Å²) < 4.78 is 5.36. The Labute approximate surface area is 144 Å². The van der Waals surface area contributed by atoms with Crippen LogP contribution in [0.1, 0.15) is 43.9 Å². The Hall–Kier alpha value is -1.70. The van der Waals surface area contributed by atoms with Crippen molar-refractivity contribution in [1.82, 2.24) is 5.23 Å². The maximum atomic E-state index is 12.1. The molecular weight excluding hydrogens is 307 g/mol. The second-order valence-corrected chi connectivity index (χ2v) is 6.73. The molecule has 1 atom stereocenters. The molecule has 0 spiro atoms. The predicted octanol–water partition coefficient (Wildman–Crippen LogP) is 1.43. The van der Waals surface area contributed by atoms with E-state index in [2.05, 4.69) is 10.1 Å². The first-order chi connectivity index (χ1) is 11.2. The highest BCUT2D eigenvalue weighted by molar-refractivity contribution is 6.64. The van der Waals surface area contributed by atoms with Gasteiger partial charge in [0.2, 0.25) is 0 Å². The SMILES string of the molecule is Cc1ccc(CON)cc1C[C@@H](CC(=O)OC(C)(C)C)N[B]C=O. The van der Waals surface area contributed by atoms with Crippen LogP contribution in [0.5, 0.6) is 0 Å². The predicted molar refractivity (Wildman–Crippen MR) is 93.7 cm³/mol. The molecule has 6 nitrogen and oxygen atoms in total. The summed E-state index contributed by atoms with van der Waals surface area (Å²) >= 11 is 0. The second-order valence-electron chi connectivity index (χ2n) is 6.73. The zero-order chi connectivity index (χ0) is 18.2. The van der Waals surface area contributed by atoms with Gasteiger partial charge in [-0.25, -0.2) is 5.90 Å². The van der Waals surface area contributed by atoms with Crippen molar-refractivity contribution in [3.05, 3.63) is 34.9 Å². The molecule has 0 bridgehead atoms. The van der Waals surface area contributed by atoms with Gasteiger partial charge in [-0.1, -0.05) is 18.2 Å². The van der Waals surface area contributed by atoms with Crippen LogP contribution in [0.25, 0.3) is 0 Å². The zero-order valence-corrected chi connectivity index (χ0v) is 14.8. The Morgan fingerprint density at radius 3 is 2.71 bits per heavy atom. The van der Waals surface area contributed by atoms with Gasteiger partial charge in [-0.05, 0) is 50.8 Å². The van der Waals surface area contributed by atoms with E-state index in [0.29, 0.717) is 19.2 Å². The molecule has 0 aliphatic carbocycles. The summed E-state index contributed by atoms with van der Waals surface area (Å²) in [5, 5.41) is 2.96. The fraction of sp³-hybridized carbons (Fsp3) is 0.529. The number of rotatable bonds is 9. The van der Waals surface area contributed by atoms with Gasteiger partial charge in [0, 0.05) is 6.04 Å². The summed E-state index contributed by atoms with van der Waals surface area (Å²) in [6.45, 7) is 7.79. The second kappa shape index (κ2) is 9.56. The summed E-state index contributed by atoms with van der Waals surface area (Å²) in [5.41, 5.74) is 2.57. The van der Waals surface area contributed by atoms with Crippen molar-refractivity contribution in [2.45, 2.75) is 58.8 Å². The summed E-state index contributed by atoms with van der Waals surface area (Å²) in [6.07, 6.45) is 1.40. The first-order valence-corrected chi connectivity index (χ1v) is 7.90. The average molecular weight is 333 g/mol. The van der Waals surface area contributed by atoms with Crippen LogP contribution < -0.4 is 11.1 Å². The van der Waals surface area contributed by atoms with Crippen LogP contribution in [0.2, 0.25) is 0 Å². The topological polar surface area (TPSA) is 90.7 Å². The molecule has 0 amide bonds. The van der Waals surface area contributed by atoms with Gasteiger partial charge < -0.3 is 14.8 Å². The largest absolute Gasteiger partial charge is 0.460 e. The maximum absolute atomic E-state index is 12.1. The van der Waals surface area contributed by atoms with E-state index in [1.165, 1.54) is 7.41 Å². The van der Waals surface area contributed by atoms with E-state index >= 15 is 0 Å². The highest BCUT2D eigenvalue weighted by Crippen LogP contribution is 2.16. The van der Waals surface area contributed by atoms with Crippen molar-refractivity contribution in [1.29, 1.82) is 0 Å². The lowest BCUT2D eigenvalue weighted by atomic mass is 9.91. The molecule has 0 aliphatic rings. The normalized spacial score (nSPS) is 12.5. The van der Waals surface area contributed by atoms with Crippen molar-refractivity contribution in [3.8, 4) is 0 Å². The molecule has 0 unspecified atom stereocenters. The number of esters is 1. The third kappa shape index (κ3) is 7.72. The summed E-state index contributed by atoms with van der Waals surface area (Å²) in [5.74, 6) is 4.82. The summed E-state index contributed by atoms with van der Waals surface area (Å²) in [7, 11) is 1.30. The van der Waals surface area contributed by atoms with Gasteiger partial charge in [0.05, 0.1) is 19.2 Å². The smallest absolute Gasteiger partial charge is 0.307 e.